The van der Waals surface area contributed by atoms with Gasteiger partial charge >= 0.3 is 0 Å². The van der Waals surface area contributed by atoms with E-state index in [1.54, 1.807) is 4.90 Å². The summed E-state index contributed by atoms with van der Waals surface area (Å²) in [5.74, 6) is -1.46. The van der Waals surface area contributed by atoms with Crippen LogP contribution in [0.1, 0.15) is 29.3 Å². The van der Waals surface area contributed by atoms with Gasteiger partial charge in [0.05, 0.1) is 0 Å². The van der Waals surface area contributed by atoms with Crippen LogP contribution in [0.25, 0.3) is 6.08 Å². The first-order valence-corrected chi connectivity index (χ1v) is 7.61. The van der Waals surface area contributed by atoms with E-state index in [9.17, 15) is 14.3 Å². The highest BCUT2D eigenvalue weighted by atomic mass is 19.1. The van der Waals surface area contributed by atoms with Gasteiger partial charge in [0.2, 0.25) is 0 Å². The Labute approximate surface area is 135 Å². The lowest BCUT2D eigenvalue weighted by molar-refractivity contribution is 0.0773. The lowest BCUT2D eigenvalue weighted by Crippen LogP contribution is -2.31. The van der Waals surface area contributed by atoms with Gasteiger partial charge < -0.3 is 10.0 Å². The van der Waals surface area contributed by atoms with Crippen molar-refractivity contribution in [3.05, 3.63) is 71.6 Å². The predicted octanol–water partition coefficient (Wildman–Crippen LogP) is 4.10. The van der Waals surface area contributed by atoms with Crippen LogP contribution >= 0.6 is 0 Å². The van der Waals surface area contributed by atoms with E-state index in [2.05, 4.69) is 0 Å². The molecule has 0 aliphatic carbocycles. The summed E-state index contributed by atoms with van der Waals surface area (Å²) < 4.78 is 13.1. The second-order valence-electron chi connectivity index (χ2n) is 5.23. The standard InChI is InChI=1S/C19H20FNO2/c1-2-12-21(13-6-9-15-7-4-3-5-8-15)19(23)16-10-11-17(20)18(22)14-16/h3-11,14,22H,2,12-13H2,1H3/b9-6+. The minimum Gasteiger partial charge on any atom is -0.505 e. The Morgan fingerprint density at radius 2 is 1.96 bits per heavy atom. The van der Waals surface area contributed by atoms with Crippen LogP contribution in [0.4, 0.5) is 4.39 Å². The Morgan fingerprint density at radius 3 is 2.61 bits per heavy atom. The lowest BCUT2D eigenvalue weighted by Gasteiger charge is -2.20. The number of phenols is 1. The SMILES string of the molecule is CCCN(C/C=C/c1ccccc1)C(=O)c1ccc(F)c(O)c1. The van der Waals surface area contributed by atoms with Crippen molar-refractivity contribution in [2.75, 3.05) is 13.1 Å². The molecule has 1 N–H and O–H groups in total. The number of amides is 1. The first kappa shape index (κ1) is 16.7. The molecule has 0 bridgehead atoms. The monoisotopic (exact) mass is 313 g/mol. The Hall–Kier alpha value is -2.62. The fraction of sp³-hybridized carbons (Fsp3) is 0.211. The highest BCUT2D eigenvalue weighted by Crippen LogP contribution is 2.18. The number of rotatable bonds is 6. The summed E-state index contributed by atoms with van der Waals surface area (Å²) >= 11 is 0. The summed E-state index contributed by atoms with van der Waals surface area (Å²) in [5.41, 5.74) is 1.35. The molecule has 0 fully saturated rings. The van der Waals surface area contributed by atoms with E-state index in [0.717, 1.165) is 18.1 Å². The number of carbonyl (C=O) groups is 1. The smallest absolute Gasteiger partial charge is 0.254 e. The van der Waals surface area contributed by atoms with Crippen molar-refractivity contribution >= 4 is 12.0 Å². The van der Waals surface area contributed by atoms with Gasteiger partial charge in [-0.2, -0.15) is 0 Å². The van der Waals surface area contributed by atoms with Gasteiger partial charge in [-0.1, -0.05) is 49.4 Å². The molecule has 0 saturated carbocycles. The van der Waals surface area contributed by atoms with Gasteiger partial charge in [0.15, 0.2) is 11.6 Å². The van der Waals surface area contributed by atoms with Crippen LogP contribution in [-0.2, 0) is 0 Å². The molecule has 2 rings (SSSR count). The fourth-order valence-electron chi connectivity index (χ4n) is 2.25. The van der Waals surface area contributed by atoms with Gasteiger partial charge in [-0.15, -0.1) is 0 Å². The van der Waals surface area contributed by atoms with Crippen LogP contribution in [0, 0.1) is 5.82 Å². The molecule has 0 saturated heterocycles. The summed E-state index contributed by atoms with van der Waals surface area (Å²) in [4.78, 5) is 14.2. The molecule has 0 spiro atoms. The molecule has 23 heavy (non-hydrogen) atoms. The fourth-order valence-corrected chi connectivity index (χ4v) is 2.25. The molecule has 2 aromatic rings. The molecule has 2 aromatic carbocycles. The van der Waals surface area contributed by atoms with Crippen molar-refractivity contribution < 1.29 is 14.3 Å². The van der Waals surface area contributed by atoms with Gasteiger partial charge in [-0.05, 0) is 30.2 Å². The van der Waals surface area contributed by atoms with Crippen molar-refractivity contribution in [2.24, 2.45) is 0 Å². The maximum absolute atomic E-state index is 13.1. The molecular formula is C19H20FNO2. The maximum Gasteiger partial charge on any atom is 0.254 e. The third kappa shape index (κ3) is 4.68. The van der Waals surface area contributed by atoms with Crippen LogP contribution < -0.4 is 0 Å². The Morgan fingerprint density at radius 1 is 1.22 bits per heavy atom. The number of hydrogen-bond acceptors (Lipinski definition) is 2. The molecule has 0 aromatic heterocycles. The quantitative estimate of drug-likeness (QED) is 0.872. The van der Waals surface area contributed by atoms with Crippen LogP contribution in [-0.4, -0.2) is 29.0 Å². The topological polar surface area (TPSA) is 40.5 Å². The van der Waals surface area contributed by atoms with E-state index < -0.39 is 11.6 Å². The zero-order valence-corrected chi connectivity index (χ0v) is 13.1. The summed E-state index contributed by atoms with van der Waals surface area (Å²) in [7, 11) is 0. The molecule has 0 radical (unpaired) electrons. The first-order chi connectivity index (χ1) is 11.1. The third-order valence-corrected chi connectivity index (χ3v) is 3.41. The molecule has 0 aliphatic rings. The summed E-state index contributed by atoms with van der Waals surface area (Å²) in [6.45, 7) is 3.04. The van der Waals surface area contributed by atoms with Gasteiger partial charge in [0, 0.05) is 18.7 Å². The van der Waals surface area contributed by atoms with Gasteiger partial charge in [-0.25, -0.2) is 4.39 Å². The van der Waals surface area contributed by atoms with Gasteiger partial charge in [0.25, 0.3) is 5.91 Å². The van der Waals surface area contributed by atoms with Crippen LogP contribution in [0.15, 0.2) is 54.6 Å². The Bertz CT molecular complexity index is 683. The number of aromatic hydroxyl groups is 1. The lowest BCUT2D eigenvalue weighted by atomic mass is 10.1. The van der Waals surface area contributed by atoms with Gasteiger partial charge in [-0.3, -0.25) is 4.79 Å². The number of halogens is 1. The van der Waals surface area contributed by atoms with Crippen LogP contribution in [0.5, 0.6) is 5.75 Å². The summed E-state index contributed by atoms with van der Waals surface area (Å²) in [6, 6.07) is 13.5. The highest BCUT2D eigenvalue weighted by Gasteiger charge is 2.15. The van der Waals surface area contributed by atoms with E-state index in [1.165, 1.54) is 12.1 Å². The van der Waals surface area contributed by atoms with E-state index in [-0.39, 0.29) is 11.5 Å². The zero-order chi connectivity index (χ0) is 16.7. The molecule has 3 nitrogen and oxygen atoms in total. The number of hydrogen-bond donors (Lipinski definition) is 1. The van der Waals surface area contributed by atoms with E-state index in [1.807, 2.05) is 49.4 Å². The minimum atomic E-state index is -0.729. The molecule has 4 heteroatoms. The molecular weight excluding hydrogens is 293 g/mol. The maximum atomic E-state index is 13.1. The van der Waals surface area contributed by atoms with Gasteiger partial charge in [0.1, 0.15) is 0 Å². The van der Waals surface area contributed by atoms with Crippen LogP contribution in [0.3, 0.4) is 0 Å². The number of phenolic OH excluding ortho intramolecular Hbond substituents is 1. The van der Waals surface area contributed by atoms with Crippen molar-refractivity contribution in [2.45, 2.75) is 13.3 Å². The van der Waals surface area contributed by atoms with Crippen molar-refractivity contribution in [3.8, 4) is 5.75 Å². The Balaban J connectivity index is 2.09. The Kier molecular flexibility index (Phi) is 5.92. The number of nitrogens with zero attached hydrogens (tertiary/aromatic N) is 1. The molecule has 0 unspecified atom stereocenters. The summed E-state index contributed by atoms with van der Waals surface area (Å²) in [6.07, 6.45) is 4.70. The summed E-state index contributed by atoms with van der Waals surface area (Å²) in [5, 5.41) is 9.43. The minimum absolute atomic E-state index is 0.222. The highest BCUT2D eigenvalue weighted by molar-refractivity contribution is 5.94. The third-order valence-electron chi connectivity index (χ3n) is 3.41. The van der Waals surface area contributed by atoms with Crippen molar-refractivity contribution in [1.82, 2.24) is 4.90 Å². The second kappa shape index (κ2) is 8.13. The number of benzene rings is 2. The van der Waals surface area contributed by atoms with Crippen LogP contribution in [0.2, 0.25) is 0 Å². The normalized spacial score (nSPS) is 10.9. The van der Waals surface area contributed by atoms with Crippen molar-refractivity contribution in [3.63, 3.8) is 0 Å². The first-order valence-electron chi connectivity index (χ1n) is 7.61. The zero-order valence-electron chi connectivity index (χ0n) is 13.1. The van der Waals surface area contributed by atoms with E-state index in [4.69, 9.17) is 0 Å². The second-order valence-corrected chi connectivity index (χ2v) is 5.23. The molecule has 0 aliphatic heterocycles. The number of carbonyl (C=O) groups excluding carboxylic acids is 1. The molecule has 1 amide bonds. The average molecular weight is 313 g/mol. The average Bonchev–Trinajstić information content (AvgIpc) is 2.57. The predicted molar refractivity (Wildman–Crippen MR) is 89.7 cm³/mol. The van der Waals surface area contributed by atoms with E-state index >= 15 is 0 Å². The molecule has 0 heterocycles. The molecule has 0 atom stereocenters. The molecule has 120 valence electrons. The van der Waals surface area contributed by atoms with Crippen molar-refractivity contribution in [1.29, 1.82) is 0 Å². The van der Waals surface area contributed by atoms with E-state index in [0.29, 0.717) is 13.1 Å². The largest absolute Gasteiger partial charge is 0.505 e.